The number of carbonyl (C=O) groups excluding carboxylic acids is 2. The number of dihydropyridines is 1. The summed E-state index contributed by atoms with van der Waals surface area (Å²) < 4.78 is 10.3. The quantitative estimate of drug-likeness (QED) is 0.553. The zero-order valence-electron chi connectivity index (χ0n) is 17.9. The lowest BCUT2D eigenvalue weighted by molar-refractivity contribution is -0.139. The van der Waals surface area contributed by atoms with Crippen LogP contribution in [-0.4, -0.2) is 31.3 Å². The molecule has 0 radical (unpaired) electrons. The maximum Gasteiger partial charge on any atom is 0.316 e. The maximum absolute atomic E-state index is 13.4. The molecule has 1 aromatic carbocycles. The molecule has 3 rings (SSSR count). The Morgan fingerprint density at radius 3 is 2.72 bits per heavy atom. The highest BCUT2D eigenvalue weighted by Gasteiger charge is 2.35. The summed E-state index contributed by atoms with van der Waals surface area (Å²) in [6.45, 7) is 3.82. The number of para-hydroxylation sites is 2. The van der Waals surface area contributed by atoms with Crippen molar-refractivity contribution in [3.05, 3.63) is 68.5 Å². The van der Waals surface area contributed by atoms with E-state index in [1.54, 1.807) is 32.0 Å². The van der Waals surface area contributed by atoms with Crippen LogP contribution < -0.4 is 15.4 Å². The third-order valence-corrected chi connectivity index (χ3v) is 6.64. The van der Waals surface area contributed by atoms with Crippen molar-refractivity contribution in [2.45, 2.75) is 19.8 Å². The fourth-order valence-electron chi connectivity index (χ4n) is 3.34. The van der Waals surface area contributed by atoms with E-state index in [1.807, 2.05) is 23.6 Å². The molecule has 166 valence electrons. The molecule has 9 heteroatoms. The zero-order valence-corrected chi connectivity index (χ0v) is 19.6. The van der Waals surface area contributed by atoms with Gasteiger partial charge < -0.3 is 20.1 Å². The average Bonchev–Trinajstić information content (AvgIpc) is 3.32. The number of anilines is 1. The predicted molar refractivity (Wildman–Crippen MR) is 126 cm³/mol. The predicted octanol–water partition coefficient (Wildman–Crippen LogP) is 4.39. The van der Waals surface area contributed by atoms with Crippen LogP contribution in [0.5, 0.6) is 5.75 Å². The van der Waals surface area contributed by atoms with Crippen LogP contribution in [0.1, 0.15) is 24.6 Å². The largest absolute Gasteiger partial charge is 0.495 e. The van der Waals surface area contributed by atoms with Crippen LogP contribution in [0, 0.1) is 11.3 Å². The van der Waals surface area contributed by atoms with Crippen LogP contribution in [0.25, 0.3) is 0 Å². The summed E-state index contributed by atoms with van der Waals surface area (Å²) in [6, 6.07) is 13.2. The average molecular weight is 470 g/mol. The molecule has 2 heterocycles. The van der Waals surface area contributed by atoms with E-state index < -0.39 is 5.92 Å². The van der Waals surface area contributed by atoms with Gasteiger partial charge in [-0.2, -0.15) is 5.26 Å². The first-order valence-corrected chi connectivity index (χ1v) is 11.7. The number of amides is 1. The monoisotopic (exact) mass is 469 g/mol. The molecule has 2 N–H and O–H groups in total. The summed E-state index contributed by atoms with van der Waals surface area (Å²) in [6.07, 6.45) is 0. The van der Waals surface area contributed by atoms with Crippen molar-refractivity contribution in [2.75, 3.05) is 24.8 Å². The number of nitrogens with zero attached hydrogens (tertiary/aromatic N) is 1. The zero-order chi connectivity index (χ0) is 23.1. The Labute approximate surface area is 195 Å². The van der Waals surface area contributed by atoms with Crippen molar-refractivity contribution in [1.82, 2.24) is 5.32 Å². The third kappa shape index (κ3) is 5.15. The van der Waals surface area contributed by atoms with Gasteiger partial charge in [-0.15, -0.1) is 11.3 Å². The molecule has 0 spiro atoms. The molecular formula is C23H23N3O4S2. The van der Waals surface area contributed by atoms with E-state index in [9.17, 15) is 14.9 Å². The van der Waals surface area contributed by atoms with Crippen molar-refractivity contribution in [3.8, 4) is 11.8 Å². The lowest BCUT2D eigenvalue weighted by Crippen LogP contribution is -2.30. The number of esters is 1. The minimum atomic E-state index is -0.555. The molecule has 0 saturated carbocycles. The number of nitrogens with one attached hydrogen (secondary N) is 2. The van der Waals surface area contributed by atoms with Gasteiger partial charge in [0, 0.05) is 16.1 Å². The summed E-state index contributed by atoms with van der Waals surface area (Å²) in [4.78, 5) is 26.1. The highest BCUT2D eigenvalue weighted by atomic mass is 32.2. The molecule has 7 nitrogen and oxygen atoms in total. The Morgan fingerprint density at radius 2 is 2.06 bits per heavy atom. The van der Waals surface area contributed by atoms with Crippen LogP contribution in [-0.2, 0) is 14.3 Å². The highest BCUT2D eigenvalue weighted by Crippen LogP contribution is 2.42. The van der Waals surface area contributed by atoms with Crippen molar-refractivity contribution < 1.29 is 19.1 Å². The molecule has 1 aliphatic heterocycles. The molecule has 1 amide bonds. The van der Waals surface area contributed by atoms with Gasteiger partial charge >= 0.3 is 5.97 Å². The van der Waals surface area contributed by atoms with E-state index in [0.29, 0.717) is 39.9 Å². The number of thiophene rings is 1. The van der Waals surface area contributed by atoms with Crippen LogP contribution >= 0.6 is 23.1 Å². The van der Waals surface area contributed by atoms with Crippen LogP contribution in [0.15, 0.2) is 63.7 Å². The van der Waals surface area contributed by atoms with Crippen LogP contribution in [0.2, 0.25) is 0 Å². The summed E-state index contributed by atoms with van der Waals surface area (Å²) in [5.74, 6) is -0.648. The molecule has 1 atom stereocenters. The molecule has 0 saturated heterocycles. The number of hydrogen-bond donors (Lipinski definition) is 2. The Bertz CT molecular complexity index is 1100. The Balaban J connectivity index is 1.97. The van der Waals surface area contributed by atoms with E-state index in [1.165, 1.54) is 30.2 Å². The summed E-state index contributed by atoms with van der Waals surface area (Å²) in [7, 11) is 1.54. The number of carbonyl (C=O) groups is 2. The Hall–Kier alpha value is -3.22. The molecule has 1 unspecified atom stereocenters. The third-order valence-electron chi connectivity index (χ3n) is 4.71. The van der Waals surface area contributed by atoms with E-state index in [4.69, 9.17) is 9.47 Å². The number of hydrogen-bond acceptors (Lipinski definition) is 8. The SMILES string of the molecule is CCOC(=O)CSC1=C(C#N)C(c2cccs2)C(C(=O)Nc2ccccc2OC)=C(C)N1. The van der Waals surface area contributed by atoms with Crippen LogP contribution in [0.3, 0.4) is 0 Å². The first kappa shape index (κ1) is 23.4. The van der Waals surface area contributed by atoms with E-state index >= 15 is 0 Å². The fraction of sp³-hybridized carbons (Fsp3) is 0.261. The summed E-state index contributed by atoms with van der Waals surface area (Å²) in [5.41, 5.74) is 1.98. The summed E-state index contributed by atoms with van der Waals surface area (Å²) in [5, 5.41) is 18.5. The highest BCUT2D eigenvalue weighted by molar-refractivity contribution is 8.03. The number of methoxy groups -OCH3 is 1. The Kier molecular flexibility index (Phi) is 7.98. The molecule has 1 aliphatic rings. The van der Waals surface area contributed by atoms with Gasteiger partial charge in [0.15, 0.2) is 0 Å². The van der Waals surface area contributed by atoms with Gasteiger partial charge in [-0.1, -0.05) is 30.0 Å². The van der Waals surface area contributed by atoms with Crippen molar-refractivity contribution in [3.63, 3.8) is 0 Å². The first-order valence-electron chi connectivity index (χ1n) is 9.88. The minimum absolute atomic E-state index is 0.0640. The van der Waals surface area contributed by atoms with Gasteiger partial charge in [-0.25, -0.2) is 0 Å². The lowest BCUT2D eigenvalue weighted by Gasteiger charge is -2.29. The smallest absolute Gasteiger partial charge is 0.316 e. The van der Waals surface area contributed by atoms with Gasteiger partial charge in [0.25, 0.3) is 5.91 Å². The topological polar surface area (TPSA) is 100 Å². The number of ether oxygens (including phenoxy) is 2. The van der Waals surface area contributed by atoms with Gasteiger partial charge in [0.05, 0.1) is 47.7 Å². The van der Waals surface area contributed by atoms with Gasteiger partial charge in [-0.3, -0.25) is 9.59 Å². The van der Waals surface area contributed by atoms with Crippen molar-refractivity contribution in [1.29, 1.82) is 5.26 Å². The molecule has 0 bridgehead atoms. The van der Waals surface area contributed by atoms with Gasteiger partial charge in [0.2, 0.25) is 0 Å². The van der Waals surface area contributed by atoms with Gasteiger partial charge in [-0.05, 0) is 37.4 Å². The van der Waals surface area contributed by atoms with Crippen LogP contribution in [0.4, 0.5) is 5.69 Å². The van der Waals surface area contributed by atoms with Crippen molar-refractivity contribution >= 4 is 40.7 Å². The van der Waals surface area contributed by atoms with Gasteiger partial charge in [0.1, 0.15) is 5.75 Å². The number of benzene rings is 1. The number of thioether (sulfide) groups is 1. The van der Waals surface area contributed by atoms with E-state index in [0.717, 1.165) is 4.88 Å². The Morgan fingerprint density at radius 1 is 1.28 bits per heavy atom. The number of rotatable bonds is 8. The van der Waals surface area contributed by atoms with E-state index in [2.05, 4.69) is 16.7 Å². The molecule has 1 aromatic heterocycles. The normalized spacial score (nSPS) is 15.6. The molecule has 32 heavy (non-hydrogen) atoms. The molecule has 0 fully saturated rings. The van der Waals surface area contributed by atoms with E-state index in [-0.39, 0.29) is 17.6 Å². The second kappa shape index (κ2) is 10.9. The number of nitriles is 1. The second-order valence-corrected chi connectivity index (χ2v) is 8.68. The standard InChI is InChI=1S/C23H23N3O4S2/c1-4-30-19(27)13-32-23-15(12-24)21(18-10-7-11-31-18)20(14(2)25-23)22(28)26-16-8-5-6-9-17(16)29-3/h5-11,21,25H,4,13H2,1-3H3,(H,26,28). The first-order chi connectivity index (χ1) is 15.5. The minimum Gasteiger partial charge on any atom is -0.495 e. The molecular weight excluding hydrogens is 446 g/mol. The maximum atomic E-state index is 13.4. The number of allylic oxidation sites excluding steroid dienone is 2. The lowest BCUT2D eigenvalue weighted by atomic mass is 9.86. The van der Waals surface area contributed by atoms with Crippen molar-refractivity contribution in [2.24, 2.45) is 0 Å². The summed E-state index contributed by atoms with van der Waals surface area (Å²) >= 11 is 2.66. The molecule has 2 aromatic rings. The fourth-order valence-corrected chi connectivity index (χ4v) is 5.07. The second-order valence-electron chi connectivity index (χ2n) is 6.71. The molecule has 0 aliphatic carbocycles.